The van der Waals surface area contributed by atoms with Crippen LogP contribution < -0.4 is 10.1 Å². The second-order valence-corrected chi connectivity index (χ2v) is 8.58. The normalized spacial score (nSPS) is 14.1. The van der Waals surface area contributed by atoms with E-state index in [0.29, 0.717) is 23.9 Å². The molecule has 0 bridgehead atoms. The number of H-pyrrole nitrogens is 1. The van der Waals surface area contributed by atoms with E-state index in [1.165, 1.54) is 25.2 Å². The van der Waals surface area contributed by atoms with Crippen molar-refractivity contribution in [2.45, 2.75) is 12.8 Å². The van der Waals surface area contributed by atoms with Crippen LogP contribution >= 0.6 is 0 Å². The Bertz CT molecular complexity index is 1480. The van der Waals surface area contributed by atoms with Crippen molar-refractivity contribution in [3.8, 4) is 17.1 Å². The molecule has 2 aromatic carbocycles. The molecule has 0 amide bonds. The Hall–Kier alpha value is -4.11. The lowest BCUT2D eigenvalue weighted by Gasteiger charge is -2.16. The zero-order valence-electron chi connectivity index (χ0n) is 19.0. The third kappa shape index (κ3) is 4.26. The van der Waals surface area contributed by atoms with Crippen LogP contribution in [-0.4, -0.2) is 56.3 Å². The standard InChI is InChI=1S/C26H24FN7O/c27-22-14-17(6-7-23(22)35-13-12-34-10-1-2-11-34)31-26-19-8-9-28-15-21(19)18-4-3-5-20(24(18)32-26)25-29-16-30-33-25/h3-9,14-16H,1-2,10-13H2,(H,31,32)(H,29,30,33). The number of hydrogen-bond donors (Lipinski definition) is 2. The molecule has 0 saturated carbocycles. The third-order valence-corrected chi connectivity index (χ3v) is 6.35. The molecule has 0 unspecified atom stereocenters. The van der Waals surface area contributed by atoms with Gasteiger partial charge in [-0.3, -0.25) is 15.0 Å². The highest BCUT2D eigenvalue weighted by Gasteiger charge is 2.15. The number of fused-ring (bicyclic) bond motifs is 3. The summed E-state index contributed by atoms with van der Waals surface area (Å²) in [6.45, 7) is 3.47. The molecule has 0 atom stereocenters. The van der Waals surface area contributed by atoms with E-state index in [2.05, 4.69) is 30.4 Å². The highest BCUT2D eigenvalue weighted by molar-refractivity contribution is 6.13. The van der Waals surface area contributed by atoms with E-state index < -0.39 is 5.82 Å². The lowest BCUT2D eigenvalue weighted by Crippen LogP contribution is -2.25. The molecular weight excluding hydrogens is 445 g/mol. The van der Waals surface area contributed by atoms with Crippen molar-refractivity contribution >= 4 is 33.2 Å². The third-order valence-electron chi connectivity index (χ3n) is 6.35. The number of hydrogen-bond acceptors (Lipinski definition) is 7. The monoisotopic (exact) mass is 469 g/mol. The van der Waals surface area contributed by atoms with Gasteiger partial charge in [-0.2, -0.15) is 5.10 Å². The van der Waals surface area contributed by atoms with Gasteiger partial charge in [-0.05, 0) is 50.2 Å². The van der Waals surface area contributed by atoms with Crippen molar-refractivity contribution in [1.29, 1.82) is 0 Å². The summed E-state index contributed by atoms with van der Waals surface area (Å²) in [5.41, 5.74) is 2.15. The van der Waals surface area contributed by atoms with Crippen molar-refractivity contribution in [2.24, 2.45) is 0 Å². The largest absolute Gasteiger partial charge is 0.489 e. The van der Waals surface area contributed by atoms with E-state index in [4.69, 9.17) is 9.72 Å². The number of aromatic nitrogens is 5. The van der Waals surface area contributed by atoms with Gasteiger partial charge < -0.3 is 10.1 Å². The summed E-state index contributed by atoms with van der Waals surface area (Å²) in [7, 11) is 0. The van der Waals surface area contributed by atoms with Crippen molar-refractivity contribution < 1.29 is 9.13 Å². The van der Waals surface area contributed by atoms with Gasteiger partial charge in [-0.15, -0.1) is 0 Å². The zero-order chi connectivity index (χ0) is 23.6. The van der Waals surface area contributed by atoms with E-state index in [1.807, 2.05) is 30.5 Å². The van der Waals surface area contributed by atoms with E-state index in [0.717, 1.165) is 46.9 Å². The van der Waals surface area contributed by atoms with E-state index in [-0.39, 0.29) is 5.75 Å². The quantitative estimate of drug-likeness (QED) is 0.327. The van der Waals surface area contributed by atoms with Crippen LogP contribution in [0.4, 0.5) is 15.9 Å². The van der Waals surface area contributed by atoms with Gasteiger partial charge >= 0.3 is 0 Å². The second-order valence-electron chi connectivity index (χ2n) is 8.58. The molecule has 1 fully saturated rings. The second kappa shape index (κ2) is 9.27. The maximum absolute atomic E-state index is 14.8. The molecule has 2 N–H and O–H groups in total. The summed E-state index contributed by atoms with van der Waals surface area (Å²) in [6, 6.07) is 12.7. The van der Waals surface area contributed by atoms with Crippen LogP contribution in [0.1, 0.15) is 12.8 Å². The number of para-hydroxylation sites is 1. The Balaban J connectivity index is 1.32. The minimum Gasteiger partial charge on any atom is -0.489 e. The Morgan fingerprint density at radius 1 is 1.06 bits per heavy atom. The van der Waals surface area contributed by atoms with Crippen molar-refractivity contribution in [3.05, 3.63) is 67.0 Å². The smallest absolute Gasteiger partial charge is 0.167 e. The fourth-order valence-electron chi connectivity index (χ4n) is 4.61. The first-order chi connectivity index (χ1) is 17.3. The number of nitrogens with zero attached hydrogens (tertiary/aromatic N) is 5. The Morgan fingerprint density at radius 3 is 2.80 bits per heavy atom. The predicted molar refractivity (Wildman–Crippen MR) is 133 cm³/mol. The molecular formula is C26H24FN7O. The number of pyridine rings is 2. The molecule has 0 spiro atoms. The minimum atomic E-state index is -0.412. The summed E-state index contributed by atoms with van der Waals surface area (Å²) in [5, 5.41) is 12.9. The summed E-state index contributed by atoms with van der Waals surface area (Å²) in [4.78, 5) is 15.9. The number of halogens is 1. The van der Waals surface area contributed by atoms with E-state index >= 15 is 0 Å². The molecule has 8 nitrogen and oxygen atoms in total. The molecule has 176 valence electrons. The summed E-state index contributed by atoms with van der Waals surface area (Å²) >= 11 is 0. The van der Waals surface area contributed by atoms with Gasteiger partial charge in [0.25, 0.3) is 0 Å². The van der Waals surface area contributed by atoms with E-state index in [1.54, 1.807) is 18.3 Å². The molecule has 0 radical (unpaired) electrons. The Morgan fingerprint density at radius 2 is 1.97 bits per heavy atom. The highest BCUT2D eigenvalue weighted by atomic mass is 19.1. The number of aromatic amines is 1. The molecule has 4 heterocycles. The van der Waals surface area contributed by atoms with Crippen LogP contribution in [0, 0.1) is 5.82 Å². The number of nitrogens with one attached hydrogen (secondary N) is 2. The molecule has 0 aliphatic carbocycles. The molecule has 35 heavy (non-hydrogen) atoms. The lowest BCUT2D eigenvalue weighted by atomic mass is 10.0. The fraction of sp³-hybridized carbons (Fsp3) is 0.231. The minimum absolute atomic E-state index is 0.253. The maximum atomic E-state index is 14.8. The van der Waals surface area contributed by atoms with Crippen LogP contribution in [0.2, 0.25) is 0 Å². The van der Waals surface area contributed by atoms with Gasteiger partial charge in [0.2, 0.25) is 0 Å². The van der Waals surface area contributed by atoms with Crippen LogP contribution in [0.25, 0.3) is 33.1 Å². The lowest BCUT2D eigenvalue weighted by molar-refractivity contribution is 0.231. The van der Waals surface area contributed by atoms with Gasteiger partial charge in [0.15, 0.2) is 17.4 Å². The van der Waals surface area contributed by atoms with Gasteiger partial charge in [0, 0.05) is 52.4 Å². The van der Waals surface area contributed by atoms with Crippen molar-refractivity contribution in [1.82, 2.24) is 30.0 Å². The average molecular weight is 470 g/mol. The Labute approximate surface area is 201 Å². The first-order valence-corrected chi connectivity index (χ1v) is 11.7. The average Bonchev–Trinajstić information content (AvgIpc) is 3.60. The Kier molecular flexibility index (Phi) is 5.67. The van der Waals surface area contributed by atoms with Crippen LogP contribution in [0.3, 0.4) is 0 Å². The molecule has 3 aromatic heterocycles. The molecule has 9 heteroatoms. The fourth-order valence-corrected chi connectivity index (χ4v) is 4.61. The molecule has 1 saturated heterocycles. The zero-order valence-corrected chi connectivity index (χ0v) is 19.0. The SMILES string of the molecule is Fc1cc(Nc2nc3c(-c4ncn[nH]4)cccc3c3cnccc23)ccc1OCCN1CCCC1. The first kappa shape index (κ1) is 21.4. The molecule has 5 aromatic rings. The van der Waals surface area contributed by atoms with Gasteiger partial charge in [0.05, 0.1) is 5.52 Å². The van der Waals surface area contributed by atoms with Crippen molar-refractivity contribution in [3.63, 3.8) is 0 Å². The number of benzene rings is 2. The van der Waals surface area contributed by atoms with Crippen molar-refractivity contribution in [2.75, 3.05) is 31.6 Å². The number of ether oxygens (including phenoxy) is 1. The number of likely N-dealkylation sites (tertiary alicyclic amines) is 1. The van der Waals surface area contributed by atoms with Crippen LogP contribution in [-0.2, 0) is 0 Å². The highest BCUT2D eigenvalue weighted by Crippen LogP contribution is 2.35. The number of anilines is 2. The summed E-state index contributed by atoms with van der Waals surface area (Å²) in [5.74, 6) is 1.07. The summed E-state index contributed by atoms with van der Waals surface area (Å²) < 4.78 is 20.5. The summed E-state index contributed by atoms with van der Waals surface area (Å²) in [6.07, 6.45) is 7.45. The molecule has 1 aliphatic rings. The maximum Gasteiger partial charge on any atom is 0.167 e. The molecule has 1 aliphatic heterocycles. The van der Waals surface area contributed by atoms with Gasteiger partial charge in [0.1, 0.15) is 18.8 Å². The van der Waals surface area contributed by atoms with Gasteiger partial charge in [-0.1, -0.05) is 12.1 Å². The van der Waals surface area contributed by atoms with Crippen LogP contribution in [0.15, 0.2) is 61.2 Å². The molecule has 6 rings (SSSR count). The number of rotatable bonds is 7. The predicted octanol–water partition coefficient (Wildman–Crippen LogP) is 4.93. The van der Waals surface area contributed by atoms with Gasteiger partial charge in [-0.25, -0.2) is 14.4 Å². The van der Waals surface area contributed by atoms with E-state index in [9.17, 15) is 4.39 Å². The van der Waals surface area contributed by atoms with Crippen LogP contribution in [0.5, 0.6) is 5.75 Å². The first-order valence-electron chi connectivity index (χ1n) is 11.7. The topological polar surface area (TPSA) is 91.9 Å².